The molecule has 0 bridgehead atoms. The second kappa shape index (κ2) is 5.61. The number of hydrogen-bond acceptors (Lipinski definition) is 4. The number of hydrogen-bond donors (Lipinski definition) is 4. The lowest BCUT2D eigenvalue weighted by Crippen LogP contribution is -2.25. The van der Waals surface area contributed by atoms with Crippen LogP contribution < -0.4 is 22.1 Å². The van der Waals surface area contributed by atoms with E-state index in [1.807, 2.05) is 0 Å². The maximum atomic E-state index is 12.0. The first kappa shape index (κ1) is 14.5. The van der Waals surface area contributed by atoms with Gasteiger partial charge in [-0.3, -0.25) is 19.2 Å². The highest BCUT2D eigenvalue weighted by molar-refractivity contribution is 6.02. The summed E-state index contributed by atoms with van der Waals surface area (Å²) in [6.45, 7) is 0.253. The Morgan fingerprint density at radius 2 is 1.67 bits per heavy atom. The van der Waals surface area contributed by atoms with E-state index >= 15 is 0 Å². The van der Waals surface area contributed by atoms with Gasteiger partial charge >= 0.3 is 0 Å². The monoisotopic (exact) mass is 290 g/mol. The maximum absolute atomic E-state index is 12.0. The van der Waals surface area contributed by atoms with E-state index in [1.54, 1.807) is 0 Å². The largest absolute Gasteiger partial charge is 0.366 e. The Morgan fingerprint density at radius 1 is 1.10 bits per heavy atom. The van der Waals surface area contributed by atoms with Crippen molar-refractivity contribution in [2.45, 2.75) is 6.42 Å². The van der Waals surface area contributed by atoms with Crippen LogP contribution in [0.3, 0.4) is 0 Å². The lowest BCUT2D eigenvalue weighted by molar-refractivity contribution is -0.123. The minimum Gasteiger partial charge on any atom is -0.366 e. The molecule has 1 heterocycles. The number of carbonyl (C=O) groups excluding carboxylic acids is 4. The summed E-state index contributed by atoms with van der Waals surface area (Å²) in [5.74, 6) is -2.56. The summed E-state index contributed by atoms with van der Waals surface area (Å²) in [7, 11) is 0. The molecule has 1 saturated heterocycles. The van der Waals surface area contributed by atoms with Crippen LogP contribution in [0.2, 0.25) is 0 Å². The molecular weight excluding hydrogens is 276 g/mol. The summed E-state index contributed by atoms with van der Waals surface area (Å²) < 4.78 is 0. The van der Waals surface area contributed by atoms with Crippen molar-refractivity contribution in [1.82, 2.24) is 5.32 Å². The maximum Gasteiger partial charge on any atom is 0.248 e. The van der Waals surface area contributed by atoms with Gasteiger partial charge in [-0.05, 0) is 18.2 Å². The van der Waals surface area contributed by atoms with Crippen molar-refractivity contribution in [3.63, 3.8) is 0 Å². The van der Waals surface area contributed by atoms with Crippen LogP contribution in [0.4, 0.5) is 5.69 Å². The highest BCUT2D eigenvalue weighted by atomic mass is 16.2. The predicted octanol–water partition coefficient (Wildman–Crippen LogP) is -1.04. The zero-order valence-electron chi connectivity index (χ0n) is 11.0. The normalized spacial score (nSPS) is 17.1. The van der Waals surface area contributed by atoms with Crippen LogP contribution in [-0.2, 0) is 9.59 Å². The van der Waals surface area contributed by atoms with E-state index in [2.05, 4.69) is 10.6 Å². The predicted molar refractivity (Wildman–Crippen MR) is 73.2 cm³/mol. The van der Waals surface area contributed by atoms with Crippen molar-refractivity contribution in [1.29, 1.82) is 0 Å². The molecule has 8 nitrogen and oxygen atoms in total. The highest BCUT2D eigenvalue weighted by Crippen LogP contribution is 2.17. The Hall–Kier alpha value is -2.90. The third kappa shape index (κ3) is 3.35. The van der Waals surface area contributed by atoms with Gasteiger partial charge in [-0.1, -0.05) is 0 Å². The molecule has 1 aliphatic heterocycles. The third-order valence-electron chi connectivity index (χ3n) is 3.12. The molecule has 6 N–H and O–H groups in total. The summed E-state index contributed by atoms with van der Waals surface area (Å²) in [5, 5.41) is 5.10. The van der Waals surface area contributed by atoms with Gasteiger partial charge in [-0.2, -0.15) is 0 Å². The highest BCUT2D eigenvalue weighted by Gasteiger charge is 2.28. The van der Waals surface area contributed by atoms with Crippen molar-refractivity contribution < 1.29 is 19.2 Å². The molecule has 2 rings (SSSR count). The molecule has 4 amide bonds. The fourth-order valence-corrected chi connectivity index (χ4v) is 2.02. The Kier molecular flexibility index (Phi) is 3.88. The second-order valence-corrected chi connectivity index (χ2v) is 4.72. The molecule has 0 spiro atoms. The molecule has 0 aliphatic carbocycles. The molecule has 1 fully saturated rings. The van der Waals surface area contributed by atoms with E-state index in [1.165, 1.54) is 18.2 Å². The molecule has 8 heteroatoms. The average Bonchev–Trinajstić information content (AvgIpc) is 2.85. The van der Waals surface area contributed by atoms with Gasteiger partial charge in [-0.15, -0.1) is 0 Å². The van der Waals surface area contributed by atoms with E-state index in [4.69, 9.17) is 11.5 Å². The molecule has 1 aliphatic rings. The summed E-state index contributed by atoms with van der Waals surface area (Å²) in [6.07, 6.45) is 0.101. The second-order valence-electron chi connectivity index (χ2n) is 4.72. The van der Waals surface area contributed by atoms with Crippen LogP contribution in [0.1, 0.15) is 27.1 Å². The Labute approximate surface area is 119 Å². The zero-order chi connectivity index (χ0) is 15.6. The van der Waals surface area contributed by atoms with E-state index < -0.39 is 17.7 Å². The standard InChI is InChI=1S/C13H14N4O4/c14-11(19)6-1-7(12(15)20)3-9(2-6)17-13(21)8-4-10(18)16-5-8/h1-3,8H,4-5H2,(H2,14,19)(H2,15,20)(H,16,18)(H,17,21). The van der Waals surface area contributed by atoms with Crippen molar-refractivity contribution in [3.8, 4) is 0 Å². The molecule has 1 aromatic rings. The number of rotatable bonds is 4. The Morgan fingerprint density at radius 3 is 2.10 bits per heavy atom. The van der Waals surface area contributed by atoms with Crippen LogP contribution in [0.25, 0.3) is 0 Å². The molecule has 1 unspecified atom stereocenters. The van der Waals surface area contributed by atoms with Crippen molar-refractivity contribution in [2.24, 2.45) is 17.4 Å². The zero-order valence-corrected chi connectivity index (χ0v) is 11.0. The minimum absolute atomic E-state index is 0.0576. The lowest BCUT2D eigenvalue weighted by atomic mass is 10.1. The quantitative estimate of drug-likeness (QED) is 0.561. The molecule has 1 aromatic carbocycles. The minimum atomic E-state index is -0.744. The van der Waals surface area contributed by atoms with Crippen LogP contribution in [0, 0.1) is 5.92 Å². The number of anilines is 1. The molecule has 1 atom stereocenters. The number of benzene rings is 1. The smallest absolute Gasteiger partial charge is 0.248 e. The van der Waals surface area contributed by atoms with Gasteiger partial charge in [-0.25, -0.2) is 0 Å². The fraction of sp³-hybridized carbons (Fsp3) is 0.231. The summed E-state index contributed by atoms with van der Waals surface area (Å²) in [6, 6.07) is 3.94. The van der Waals surface area contributed by atoms with E-state index in [9.17, 15) is 19.2 Å². The molecule has 21 heavy (non-hydrogen) atoms. The van der Waals surface area contributed by atoms with Gasteiger partial charge in [0.05, 0.1) is 5.92 Å². The van der Waals surface area contributed by atoms with Gasteiger partial charge < -0.3 is 22.1 Å². The fourth-order valence-electron chi connectivity index (χ4n) is 2.02. The summed E-state index contributed by atoms with van der Waals surface area (Å²) >= 11 is 0. The van der Waals surface area contributed by atoms with Crippen molar-refractivity contribution >= 4 is 29.3 Å². The number of amides is 4. The average molecular weight is 290 g/mol. The number of primary amides is 2. The number of nitrogens with two attached hydrogens (primary N) is 2. The summed E-state index contributed by atoms with van der Waals surface area (Å²) in [5.41, 5.74) is 10.7. The molecule has 0 radical (unpaired) electrons. The van der Waals surface area contributed by atoms with Gasteiger partial charge in [0.2, 0.25) is 23.6 Å². The van der Waals surface area contributed by atoms with E-state index in [0.29, 0.717) is 0 Å². The van der Waals surface area contributed by atoms with Gasteiger partial charge in [0, 0.05) is 29.8 Å². The van der Waals surface area contributed by atoms with Gasteiger partial charge in [0.25, 0.3) is 0 Å². The number of carbonyl (C=O) groups is 4. The first-order chi connectivity index (χ1) is 9.86. The van der Waals surface area contributed by atoms with Crippen molar-refractivity contribution in [2.75, 3.05) is 11.9 Å². The SMILES string of the molecule is NC(=O)c1cc(NC(=O)C2CNC(=O)C2)cc(C(N)=O)c1. The molecule has 0 saturated carbocycles. The molecule has 0 aromatic heterocycles. The Balaban J connectivity index is 2.22. The van der Waals surface area contributed by atoms with Gasteiger partial charge in [0.15, 0.2) is 0 Å². The van der Waals surface area contributed by atoms with Crippen molar-refractivity contribution in [3.05, 3.63) is 29.3 Å². The van der Waals surface area contributed by atoms with Gasteiger partial charge in [0.1, 0.15) is 0 Å². The van der Waals surface area contributed by atoms with Crippen LogP contribution in [-0.4, -0.2) is 30.2 Å². The first-order valence-corrected chi connectivity index (χ1v) is 6.19. The van der Waals surface area contributed by atoms with Crippen LogP contribution >= 0.6 is 0 Å². The third-order valence-corrected chi connectivity index (χ3v) is 3.12. The molecular formula is C13H14N4O4. The molecule has 110 valence electrons. The lowest BCUT2D eigenvalue weighted by Gasteiger charge is -2.11. The van der Waals surface area contributed by atoms with E-state index in [-0.39, 0.29) is 41.6 Å². The first-order valence-electron chi connectivity index (χ1n) is 6.19. The van der Waals surface area contributed by atoms with E-state index in [0.717, 1.165) is 0 Å². The van der Waals surface area contributed by atoms with Crippen LogP contribution in [0.5, 0.6) is 0 Å². The number of nitrogens with one attached hydrogen (secondary N) is 2. The Bertz CT molecular complexity index is 609. The van der Waals surface area contributed by atoms with Crippen LogP contribution in [0.15, 0.2) is 18.2 Å². The summed E-state index contributed by atoms with van der Waals surface area (Å²) in [4.78, 5) is 45.5. The topological polar surface area (TPSA) is 144 Å².